The summed E-state index contributed by atoms with van der Waals surface area (Å²) in [7, 11) is 0. The number of rotatable bonds is 7. The first-order valence-corrected chi connectivity index (χ1v) is 14.3. The van der Waals surface area contributed by atoms with Crippen molar-refractivity contribution in [1.82, 2.24) is 34.8 Å². The van der Waals surface area contributed by atoms with Gasteiger partial charge in [0.15, 0.2) is 11.5 Å². The third-order valence-electron chi connectivity index (χ3n) is 7.87. The maximum atomic E-state index is 13.3. The SMILES string of the molecule is Cc1cc(Nc2nccn3c(-c4ccc(OC(F)F)cc4)cnc23)ccc1C(=O)N1CCN(C(=O)N[C@@H]2CNC[C@H]2O)CC1. The van der Waals surface area contributed by atoms with E-state index < -0.39 is 12.7 Å². The average Bonchev–Trinajstić information content (AvgIpc) is 3.63. The van der Waals surface area contributed by atoms with Crippen LogP contribution >= 0.6 is 0 Å². The zero-order valence-electron chi connectivity index (χ0n) is 23.9. The molecule has 230 valence electrons. The second kappa shape index (κ2) is 12.4. The van der Waals surface area contributed by atoms with E-state index in [2.05, 4.69) is 30.7 Å². The molecule has 0 spiro atoms. The van der Waals surface area contributed by atoms with Crippen LogP contribution in [0.1, 0.15) is 15.9 Å². The summed E-state index contributed by atoms with van der Waals surface area (Å²) in [6, 6.07) is 11.2. The Morgan fingerprint density at radius 2 is 1.80 bits per heavy atom. The van der Waals surface area contributed by atoms with Crippen molar-refractivity contribution in [2.24, 2.45) is 0 Å². The zero-order chi connectivity index (χ0) is 30.8. The standard InChI is InChI=1S/C30H32F2N8O4/c1-18-14-20(4-7-22(18)28(42)38-10-12-39(13-11-38)30(43)37-23-15-33-17-25(23)41)36-26-27-35-16-24(40(27)9-8-34-26)19-2-5-21(6-3-19)44-29(31)32/h2-9,14,16,23,25,29,33,41H,10-13,15,17H2,1H3,(H,34,36)(H,37,43)/t23-,25-/m1/s1. The Balaban J connectivity index is 1.10. The number of hydrogen-bond acceptors (Lipinski definition) is 8. The molecule has 2 aliphatic heterocycles. The molecule has 4 N–H and O–H groups in total. The zero-order valence-corrected chi connectivity index (χ0v) is 23.9. The van der Waals surface area contributed by atoms with E-state index in [4.69, 9.17) is 0 Å². The van der Waals surface area contributed by atoms with Crippen LogP contribution < -0.4 is 20.7 Å². The molecule has 0 bridgehead atoms. The third kappa shape index (κ3) is 6.12. The number of piperazine rings is 1. The van der Waals surface area contributed by atoms with Crippen molar-refractivity contribution in [2.75, 3.05) is 44.6 Å². The summed E-state index contributed by atoms with van der Waals surface area (Å²) >= 11 is 0. The maximum Gasteiger partial charge on any atom is 0.387 e. The van der Waals surface area contributed by atoms with Crippen molar-refractivity contribution in [1.29, 1.82) is 0 Å². The molecule has 12 nitrogen and oxygen atoms in total. The lowest BCUT2D eigenvalue weighted by Gasteiger charge is -2.35. The minimum atomic E-state index is -2.89. The van der Waals surface area contributed by atoms with E-state index in [0.29, 0.717) is 56.3 Å². The number of halogens is 2. The number of benzene rings is 2. The summed E-state index contributed by atoms with van der Waals surface area (Å²) in [5.74, 6) is 0.473. The van der Waals surface area contributed by atoms with E-state index in [0.717, 1.165) is 22.5 Å². The number of nitrogens with zero attached hydrogens (tertiary/aromatic N) is 5. The third-order valence-corrected chi connectivity index (χ3v) is 7.87. The van der Waals surface area contributed by atoms with Crippen LogP contribution in [0.5, 0.6) is 5.75 Å². The molecule has 2 saturated heterocycles. The number of β-amino-alcohol motifs (C(OH)–C–C–N with tert-alkyl or cyclic N) is 1. The second-order valence-electron chi connectivity index (χ2n) is 10.7. The maximum absolute atomic E-state index is 13.3. The first kappa shape index (κ1) is 29.3. The molecule has 2 atom stereocenters. The van der Waals surface area contributed by atoms with Gasteiger partial charge >= 0.3 is 12.6 Å². The number of amides is 3. The molecule has 2 fully saturated rings. The molecule has 2 aromatic carbocycles. The van der Waals surface area contributed by atoms with Crippen LogP contribution in [0.25, 0.3) is 16.9 Å². The molecule has 4 heterocycles. The van der Waals surface area contributed by atoms with Gasteiger partial charge in [-0.1, -0.05) is 0 Å². The second-order valence-corrected chi connectivity index (χ2v) is 10.7. The van der Waals surface area contributed by atoms with Gasteiger partial charge in [0, 0.05) is 68.5 Å². The lowest BCUT2D eigenvalue weighted by Crippen LogP contribution is -2.56. The minimum absolute atomic E-state index is 0.0718. The van der Waals surface area contributed by atoms with Crippen LogP contribution in [0, 0.1) is 6.92 Å². The highest BCUT2D eigenvalue weighted by Gasteiger charge is 2.30. The highest BCUT2D eigenvalue weighted by atomic mass is 19.3. The number of nitrogens with one attached hydrogen (secondary N) is 3. The van der Waals surface area contributed by atoms with Crippen molar-refractivity contribution in [3.05, 3.63) is 72.2 Å². The number of aromatic nitrogens is 3. The number of fused-ring (bicyclic) bond motifs is 1. The number of alkyl halides is 2. The molecule has 4 aromatic rings. The highest BCUT2D eigenvalue weighted by Crippen LogP contribution is 2.28. The number of urea groups is 1. The van der Waals surface area contributed by atoms with Crippen LogP contribution in [0.4, 0.5) is 25.1 Å². The Labute approximate surface area is 251 Å². The van der Waals surface area contributed by atoms with Gasteiger partial charge in [0.05, 0.1) is 24.0 Å². The number of carbonyl (C=O) groups is 2. The summed E-state index contributed by atoms with van der Waals surface area (Å²) in [5.41, 5.74) is 4.15. The van der Waals surface area contributed by atoms with E-state index in [1.165, 1.54) is 12.1 Å². The van der Waals surface area contributed by atoms with Gasteiger partial charge in [0.2, 0.25) is 0 Å². The molecule has 2 aromatic heterocycles. The van der Waals surface area contributed by atoms with Crippen LogP contribution in [-0.2, 0) is 0 Å². The molecule has 44 heavy (non-hydrogen) atoms. The van der Waals surface area contributed by atoms with Crippen LogP contribution in [0.3, 0.4) is 0 Å². The van der Waals surface area contributed by atoms with Crippen molar-refractivity contribution < 1.29 is 28.2 Å². The summed E-state index contributed by atoms with van der Waals surface area (Å²) < 4.78 is 31.3. The number of ether oxygens (including phenoxy) is 1. The average molecular weight is 607 g/mol. The predicted molar refractivity (Wildman–Crippen MR) is 158 cm³/mol. The van der Waals surface area contributed by atoms with E-state index in [1.807, 2.05) is 23.5 Å². The van der Waals surface area contributed by atoms with Gasteiger partial charge in [-0.15, -0.1) is 0 Å². The lowest BCUT2D eigenvalue weighted by atomic mass is 10.1. The number of hydrogen-bond donors (Lipinski definition) is 4. The van der Waals surface area contributed by atoms with Crippen LogP contribution in [-0.4, -0.2) is 99.2 Å². The molecule has 14 heteroatoms. The molecule has 0 aliphatic carbocycles. The Morgan fingerprint density at radius 1 is 1.05 bits per heavy atom. The van der Waals surface area contributed by atoms with Crippen LogP contribution in [0.15, 0.2) is 61.1 Å². The Morgan fingerprint density at radius 3 is 2.48 bits per heavy atom. The van der Waals surface area contributed by atoms with E-state index in [-0.39, 0.29) is 23.7 Å². The predicted octanol–water partition coefficient (Wildman–Crippen LogP) is 2.85. The van der Waals surface area contributed by atoms with Gasteiger partial charge in [0.25, 0.3) is 5.91 Å². The molecule has 0 radical (unpaired) electrons. The Hall–Kier alpha value is -4.82. The van der Waals surface area contributed by atoms with Crippen molar-refractivity contribution in [2.45, 2.75) is 25.7 Å². The molecular formula is C30H32F2N8O4. The first-order valence-electron chi connectivity index (χ1n) is 14.3. The van der Waals surface area contributed by atoms with E-state index in [9.17, 15) is 23.5 Å². The van der Waals surface area contributed by atoms with E-state index in [1.54, 1.807) is 46.6 Å². The van der Waals surface area contributed by atoms with Gasteiger partial charge in [-0.05, 0) is 55.0 Å². The van der Waals surface area contributed by atoms with Crippen molar-refractivity contribution in [3.8, 4) is 17.0 Å². The van der Waals surface area contributed by atoms with Gasteiger partial charge in [-0.3, -0.25) is 9.20 Å². The number of aliphatic hydroxyl groups is 1. The Bertz CT molecular complexity index is 1660. The normalized spacial score (nSPS) is 18.6. The fourth-order valence-corrected chi connectivity index (χ4v) is 5.49. The van der Waals surface area contributed by atoms with Gasteiger partial charge in [0.1, 0.15) is 5.75 Å². The van der Waals surface area contributed by atoms with Gasteiger partial charge in [-0.25, -0.2) is 14.8 Å². The summed E-state index contributed by atoms with van der Waals surface area (Å²) in [4.78, 5) is 38.3. The molecule has 0 unspecified atom stereocenters. The number of aliphatic hydroxyl groups excluding tert-OH is 1. The number of aryl methyl sites for hydroxylation is 1. The summed E-state index contributed by atoms with van der Waals surface area (Å²) in [5, 5.41) is 19.1. The van der Waals surface area contributed by atoms with Gasteiger partial charge in [-0.2, -0.15) is 8.78 Å². The first-order chi connectivity index (χ1) is 21.3. The fourth-order valence-electron chi connectivity index (χ4n) is 5.49. The van der Waals surface area contributed by atoms with Crippen LogP contribution in [0.2, 0.25) is 0 Å². The van der Waals surface area contributed by atoms with Crippen molar-refractivity contribution in [3.63, 3.8) is 0 Å². The minimum Gasteiger partial charge on any atom is -0.435 e. The highest BCUT2D eigenvalue weighted by molar-refractivity contribution is 5.96. The molecule has 3 amide bonds. The van der Waals surface area contributed by atoms with Crippen molar-refractivity contribution >= 4 is 29.1 Å². The number of imidazole rings is 1. The molecule has 0 saturated carbocycles. The quantitative estimate of drug-likeness (QED) is 0.252. The molecule has 2 aliphatic rings. The topological polar surface area (TPSA) is 136 Å². The Kier molecular flexibility index (Phi) is 8.26. The smallest absolute Gasteiger partial charge is 0.387 e. The monoisotopic (exact) mass is 606 g/mol. The number of carbonyl (C=O) groups excluding carboxylic acids is 2. The van der Waals surface area contributed by atoms with E-state index >= 15 is 0 Å². The van der Waals surface area contributed by atoms with Gasteiger partial charge < -0.3 is 35.6 Å². The summed E-state index contributed by atoms with van der Waals surface area (Å²) in [6.07, 6.45) is 4.46. The fraction of sp³-hybridized carbons (Fsp3) is 0.333. The summed E-state index contributed by atoms with van der Waals surface area (Å²) in [6.45, 7) is 1.59. The lowest BCUT2D eigenvalue weighted by molar-refractivity contribution is -0.0498. The molecular weight excluding hydrogens is 574 g/mol. The largest absolute Gasteiger partial charge is 0.435 e. The molecule has 6 rings (SSSR count). The number of anilines is 2.